The van der Waals surface area contributed by atoms with E-state index in [0.29, 0.717) is 17.2 Å². The molecule has 108 valence electrons. The number of hydrogen-bond acceptors (Lipinski definition) is 5. The van der Waals surface area contributed by atoms with Gasteiger partial charge in [-0.25, -0.2) is 19.9 Å². The Morgan fingerprint density at radius 2 is 2.00 bits per heavy atom. The highest BCUT2D eigenvalue weighted by atomic mass is 16.1. The molecule has 6 heteroatoms. The van der Waals surface area contributed by atoms with Crippen molar-refractivity contribution in [3.05, 3.63) is 66.6 Å². The Labute approximate surface area is 127 Å². The van der Waals surface area contributed by atoms with E-state index in [0.717, 1.165) is 11.3 Å². The van der Waals surface area contributed by atoms with Gasteiger partial charge in [0.15, 0.2) is 0 Å². The van der Waals surface area contributed by atoms with E-state index >= 15 is 0 Å². The van der Waals surface area contributed by atoms with Crippen molar-refractivity contribution in [2.24, 2.45) is 0 Å². The molecule has 3 aromatic rings. The summed E-state index contributed by atoms with van der Waals surface area (Å²) in [6, 6.07) is 10.9. The van der Waals surface area contributed by atoms with Crippen LogP contribution in [0.15, 0.2) is 55.1 Å². The zero-order chi connectivity index (χ0) is 15.4. The minimum Gasteiger partial charge on any atom is -0.321 e. The molecule has 0 unspecified atom stereocenters. The standard InChI is InChI=1S/C16H13N5O/c1-11-18-8-6-14(20-11)12-3-2-4-13(9-12)21-16(22)15-5-7-17-10-19-15/h2-10H,1H3,(H,21,22). The summed E-state index contributed by atoms with van der Waals surface area (Å²) in [5.74, 6) is 0.423. The van der Waals surface area contributed by atoms with Crippen molar-refractivity contribution in [3.63, 3.8) is 0 Å². The van der Waals surface area contributed by atoms with Gasteiger partial charge in [-0.2, -0.15) is 0 Å². The summed E-state index contributed by atoms with van der Waals surface area (Å²) >= 11 is 0. The van der Waals surface area contributed by atoms with Crippen LogP contribution in [0.5, 0.6) is 0 Å². The maximum atomic E-state index is 12.1. The molecule has 22 heavy (non-hydrogen) atoms. The van der Waals surface area contributed by atoms with Gasteiger partial charge in [0, 0.05) is 23.6 Å². The number of rotatable bonds is 3. The molecule has 0 saturated carbocycles. The normalized spacial score (nSPS) is 10.2. The molecule has 0 fully saturated rings. The van der Waals surface area contributed by atoms with E-state index in [2.05, 4.69) is 25.3 Å². The molecule has 0 aliphatic carbocycles. The minimum absolute atomic E-state index is 0.279. The third kappa shape index (κ3) is 3.12. The molecule has 0 aliphatic rings. The second kappa shape index (κ2) is 6.09. The molecule has 0 aliphatic heterocycles. The van der Waals surface area contributed by atoms with E-state index < -0.39 is 0 Å². The van der Waals surface area contributed by atoms with Crippen LogP contribution in [-0.2, 0) is 0 Å². The van der Waals surface area contributed by atoms with Crippen molar-refractivity contribution < 1.29 is 4.79 Å². The summed E-state index contributed by atoms with van der Waals surface area (Å²) in [7, 11) is 0. The molecule has 1 N–H and O–H groups in total. The molecule has 2 heterocycles. The monoisotopic (exact) mass is 291 g/mol. The van der Waals surface area contributed by atoms with E-state index in [9.17, 15) is 4.79 Å². The second-order valence-electron chi connectivity index (χ2n) is 4.62. The summed E-state index contributed by atoms with van der Waals surface area (Å²) in [4.78, 5) is 28.3. The van der Waals surface area contributed by atoms with Gasteiger partial charge in [0.05, 0.1) is 5.69 Å². The number of benzene rings is 1. The van der Waals surface area contributed by atoms with Crippen molar-refractivity contribution in [2.75, 3.05) is 5.32 Å². The van der Waals surface area contributed by atoms with Crippen molar-refractivity contribution in [2.45, 2.75) is 6.92 Å². The Hall–Kier alpha value is -3.15. The number of carbonyl (C=O) groups excluding carboxylic acids is 1. The van der Waals surface area contributed by atoms with Gasteiger partial charge in [0.1, 0.15) is 17.8 Å². The smallest absolute Gasteiger partial charge is 0.274 e. The summed E-state index contributed by atoms with van der Waals surface area (Å²) in [6.07, 6.45) is 4.58. The van der Waals surface area contributed by atoms with Gasteiger partial charge in [-0.15, -0.1) is 0 Å². The first-order valence-corrected chi connectivity index (χ1v) is 6.70. The number of carbonyl (C=O) groups is 1. The van der Waals surface area contributed by atoms with Crippen LogP contribution in [0.25, 0.3) is 11.3 Å². The van der Waals surface area contributed by atoms with Crippen molar-refractivity contribution in [1.82, 2.24) is 19.9 Å². The van der Waals surface area contributed by atoms with Crippen LogP contribution in [0.1, 0.15) is 16.3 Å². The molecule has 0 bridgehead atoms. The molecule has 6 nitrogen and oxygen atoms in total. The van der Waals surface area contributed by atoms with Crippen LogP contribution in [0, 0.1) is 6.92 Å². The van der Waals surface area contributed by atoms with E-state index in [1.165, 1.54) is 12.5 Å². The summed E-state index contributed by atoms with van der Waals surface area (Å²) in [6.45, 7) is 1.84. The third-order valence-corrected chi connectivity index (χ3v) is 3.01. The molecular weight excluding hydrogens is 278 g/mol. The Morgan fingerprint density at radius 3 is 2.77 bits per heavy atom. The minimum atomic E-state index is -0.279. The lowest BCUT2D eigenvalue weighted by Crippen LogP contribution is -2.13. The van der Waals surface area contributed by atoms with Gasteiger partial charge in [-0.3, -0.25) is 4.79 Å². The number of hydrogen-bond donors (Lipinski definition) is 1. The van der Waals surface area contributed by atoms with Gasteiger partial charge in [-0.1, -0.05) is 12.1 Å². The molecule has 1 amide bonds. The van der Waals surface area contributed by atoms with Gasteiger partial charge in [-0.05, 0) is 31.2 Å². The molecule has 0 radical (unpaired) electrons. The van der Waals surface area contributed by atoms with E-state index in [1.54, 1.807) is 12.3 Å². The van der Waals surface area contributed by atoms with Crippen LogP contribution in [-0.4, -0.2) is 25.8 Å². The lowest BCUT2D eigenvalue weighted by atomic mass is 10.1. The van der Waals surface area contributed by atoms with Gasteiger partial charge in [0.2, 0.25) is 0 Å². The van der Waals surface area contributed by atoms with Gasteiger partial charge >= 0.3 is 0 Å². The van der Waals surface area contributed by atoms with Gasteiger partial charge < -0.3 is 5.32 Å². The highest BCUT2D eigenvalue weighted by Crippen LogP contribution is 2.20. The van der Waals surface area contributed by atoms with Crippen LogP contribution in [0.2, 0.25) is 0 Å². The maximum Gasteiger partial charge on any atom is 0.274 e. The average Bonchev–Trinajstić information content (AvgIpc) is 2.56. The molecule has 0 saturated heterocycles. The fourth-order valence-corrected chi connectivity index (χ4v) is 1.99. The Bertz CT molecular complexity index is 804. The first kappa shape index (κ1) is 13.8. The molecule has 0 spiro atoms. The lowest BCUT2D eigenvalue weighted by Gasteiger charge is -2.07. The largest absolute Gasteiger partial charge is 0.321 e. The SMILES string of the molecule is Cc1nccc(-c2cccc(NC(=O)c3ccncn3)c2)n1. The number of nitrogens with zero attached hydrogens (tertiary/aromatic N) is 4. The molecule has 0 atom stereocenters. The topological polar surface area (TPSA) is 80.7 Å². The highest BCUT2D eigenvalue weighted by Gasteiger charge is 2.08. The molecule has 2 aromatic heterocycles. The molecular formula is C16H13N5O. The number of aromatic nitrogens is 4. The average molecular weight is 291 g/mol. The number of aryl methyl sites for hydroxylation is 1. The Kier molecular flexibility index (Phi) is 3.82. The first-order valence-electron chi connectivity index (χ1n) is 6.70. The summed E-state index contributed by atoms with van der Waals surface area (Å²) < 4.78 is 0. The lowest BCUT2D eigenvalue weighted by molar-refractivity contribution is 0.102. The van der Waals surface area contributed by atoms with E-state index in [4.69, 9.17) is 0 Å². The Morgan fingerprint density at radius 1 is 1.09 bits per heavy atom. The predicted molar refractivity (Wildman–Crippen MR) is 82.2 cm³/mol. The second-order valence-corrected chi connectivity index (χ2v) is 4.62. The van der Waals surface area contributed by atoms with Crippen LogP contribution >= 0.6 is 0 Å². The predicted octanol–water partition coefficient (Wildman–Crippen LogP) is 2.49. The van der Waals surface area contributed by atoms with Crippen LogP contribution in [0.3, 0.4) is 0 Å². The zero-order valence-electron chi connectivity index (χ0n) is 11.9. The van der Waals surface area contributed by atoms with Crippen molar-refractivity contribution in [3.8, 4) is 11.3 Å². The fraction of sp³-hybridized carbons (Fsp3) is 0.0625. The fourth-order valence-electron chi connectivity index (χ4n) is 1.99. The first-order chi connectivity index (χ1) is 10.7. The summed E-state index contributed by atoms with van der Waals surface area (Å²) in [5, 5.41) is 2.81. The van der Waals surface area contributed by atoms with Gasteiger partial charge in [0.25, 0.3) is 5.91 Å². The number of amides is 1. The highest BCUT2D eigenvalue weighted by molar-refractivity contribution is 6.03. The number of nitrogens with one attached hydrogen (secondary N) is 1. The van der Waals surface area contributed by atoms with E-state index in [1.807, 2.05) is 37.3 Å². The van der Waals surface area contributed by atoms with Crippen LogP contribution in [0.4, 0.5) is 5.69 Å². The van der Waals surface area contributed by atoms with E-state index in [-0.39, 0.29) is 5.91 Å². The molecule has 1 aromatic carbocycles. The maximum absolute atomic E-state index is 12.1. The zero-order valence-corrected chi connectivity index (χ0v) is 11.9. The van der Waals surface area contributed by atoms with Crippen molar-refractivity contribution >= 4 is 11.6 Å². The quantitative estimate of drug-likeness (QED) is 0.802. The van der Waals surface area contributed by atoms with Crippen molar-refractivity contribution in [1.29, 1.82) is 0 Å². The van der Waals surface area contributed by atoms with Crippen LogP contribution < -0.4 is 5.32 Å². The third-order valence-electron chi connectivity index (χ3n) is 3.01. The summed E-state index contributed by atoms with van der Waals surface area (Å²) in [5.41, 5.74) is 2.72. The molecule has 3 rings (SSSR count). The number of anilines is 1. The Balaban J connectivity index is 1.84.